The summed E-state index contributed by atoms with van der Waals surface area (Å²) in [6.07, 6.45) is 0. The average molecular weight is 744 g/mol. The van der Waals surface area contributed by atoms with Crippen LogP contribution in [0.5, 0.6) is 0 Å². The summed E-state index contributed by atoms with van der Waals surface area (Å²) >= 11 is 0. The van der Waals surface area contributed by atoms with E-state index in [1.165, 1.54) is 16.7 Å². The highest BCUT2D eigenvalue weighted by Crippen LogP contribution is 2.50. The van der Waals surface area contributed by atoms with Gasteiger partial charge in [0.2, 0.25) is 0 Å². The molecule has 0 radical (unpaired) electrons. The summed E-state index contributed by atoms with van der Waals surface area (Å²) in [7, 11) is 0. The third kappa shape index (κ3) is 5.09. The van der Waals surface area contributed by atoms with Crippen LogP contribution in [0.1, 0.15) is 0 Å². The molecule has 58 heavy (non-hydrogen) atoms. The van der Waals surface area contributed by atoms with Gasteiger partial charge in [-0.3, -0.25) is 0 Å². The van der Waals surface area contributed by atoms with Crippen molar-refractivity contribution in [1.29, 1.82) is 0 Å². The molecule has 0 saturated carbocycles. The third-order valence-corrected chi connectivity index (χ3v) is 11.5. The zero-order valence-corrected chi connectivity index (χ0v) is 31.2. The Labute approximate surface area is 333 Å². The molecule has 4 heteroatoms. The summed E-state index contributed by atoms with van der Waals surface area (Å²) in [6.45, 7) is 0. The molecule has 0 unspecified atom stereocenters. The Hall–Kier alpha value is -7.82. The summed E-state index contributed by atoms with van der Waals surface area (Å²) < 4.78 is 20.3. The SMILES string of the molecule is c1ccc(-c2ccc(-c3ccc(N(c4ccc(-c5ccccc5)cc4)c4cc5oc6ccc7c8ccccc8oc7c6c5c5c4oc4ccccc45)cc3)cc2)cc1. The molecule has 0 spiro atoms. The molecular weight excluding hydrogens is 711 g/mol. The Balaban J connectivity index is 1.07. The van der Waals surface area contributed by atoms with Crippen LogP contribution in [0.3, 0.4) is 0 Å². The van der Waals surface area contributed by atoms with Crippen molar-refractivity contribution in [2.24, 2.45) is 0 Å². The molecule has 0 atom stereocenters. The summed E-state index contributed by atoms with van der Waals surface area (Å²) in [4.78, 5) is 2.28. The second-order valence-corrected chi connectivity index (χ2v) is 14.8. The summed E-state index contributed by atoms with van der Waals surface area (Å²) in [6, 6.07) is 70.1. The minimum Gasteiger partial charge on any atom is -0.456 e. The van der Waals surface area contributed by atoms with Crippen LogP contribution in [0, 0.1) is 0 Å². The Morgan fingerprint density at radius 1 is 0.276 bits per heavy atom. The van der Waals surface area contributed by atoms with E-state index in [9.17, 15) is 0 Å². The van der Waals surface area contributed by atoms with Crippen LogP contribution in [-0.4, -0.2) is 0 Å². The van der Waals surface area contributed by atoms with E-state index in [4.69, 9.17) is 13.3 Å². The molecule has 0 aliphatic rings. The molecule has 0 fully saturated rings. The quantitative estimate of drug-likeness (QED) is 0.170. The predicted octanol–water partition coefficient (Wildman–Crippen LogP) is 15.9. The zero-order chi connectivity index (χ0) is 38.2. The molecule has 9 aromatic carbocycles. The monoisotopic (exact) mass is 743 g/mol. The Bertz CT molecular complexity index is 3470. The lowest BCUT2D eigenvalue weighted by Gasteiger charge is -2.26. The number of nitrogens with zero attached hydrogens (tertiary/aromatic N) is 1. The molecule has 272 valence electrons. The normalized spacial score (nSPS) is 11.8. The van der Waals surface area contributed by atoms with Gasteiger partial charge < -0.3 is 18.2 Å². The lowest BCUT2D eigenvalue weighted by molar-refractivity contribution is 0.660. The maximum atomic E-state index is 6.92. The number of hydrogen-bond acceptors (Lipinski definition) is 4. The number of anilines is 3. The van der Waals surface area contributed by atoms with Crippen molar-refractivity contribution in [2.75, 3.05) is 4.90 Å². The van der Waals surface area contributed by atoms with Gasteiger partial charge in [0.05, 0.1) is 11.1 Å². The molecule has 0 N–H and O–H groups in total. The van der Waals surface area contributed by atoms with Gasteiger partial charge in [-0.05, 0) is 81.9 Å². The minimum absolute atomic E-state index is 0.762. The topological polar surface area (TPSA) is 42.7 Å². The van der Waals surface area contributed by atoms with Crippen LogP contribution in [0.25, 0.3) is 99.2 Å². The highest BCUT2D eigenvalue weighted by molar-refractivity contribution is 6.33. The first-order chi connectivity index (χ1) is 28.7. The van der Waals surface area contributed by atoms with Crippen molar-refractivity contribution in [3.8, 4) is 33.4 Å². The molecule has 12 aromatic rings. The van der Waals surface area contributed by atoms with E-state index in [1.807, 2.05) is 36.4 Å². The van der Waals surface area contributed by atoms with Crippen LogP contribution < -0.4 is 4.90 Å². The van der Waals surface area contributed by atoms with Gasteiger partial charge in [-0.15, -0.1) is 0 Å². The number of para-hydroxylation sites is 2. The third-order valence-electron chi connectivity index (χ3n) is 11.5. The summed E-state index contributed by atoms with van der Waals surface area (Å²) in [5, 5.41) is 6.10. The van der Waals surface area contributed by atoms with Crippen molar-refractivity contribution in [3.63, 3.8) is 0 Å². The minimum atomic E-state index is 0.762. The van der Waals surface area contributed by atoms with Gasteiger partial charge in [-0.25, -0.2) is 0 Å². The Kier molecular flexibility index (Phi) is 7.20. The highest BCUT2D eigenvalue weighted by atomic mass is 16.3. The van der Waals surface area contributed by atoms with Crippen LogP contribution in [-0.2, 0) is 0 Å². The fraction of sp³-hybridized carbons (Fsp3) is 0. The van der Waals surface area contributed by atoms with Crippen molar-refractivity contribution in [3.05, 3.63) is 200 Å². The fourth-order valence-corrected chi connectivity index (χ4v) is 8.71. The number of furan rings is 3. The highest BCUT2D eigenvalue weighted by Gasteiger charge is 2.26. The maximum Gasteiger partial charge on any atom is 0.160 e. The second kappa shape index (κ2) is 12.9. The first-order valence-electron chi connectivity index (χ1n) is 19.6. The molecule has 3 heterocycles. The largest absolute Gasteiger partial charge is 0.456 e. The van der Waals surface area contributed by atoms with Gasteiger partial charge in [0, 0.05) is 44.4 Å². The zero-order valence-electron chi connectivity index (χ0n) is 31.2. The van der Waals surface area contributed by atoms with E-state index in [0.29, 0.717) is 0 Å². The summed E-state index contributed by atoms with van der Waals surface area (Å²) in [5.74, 6) is 0. The second-order valence-electron chi connectivity index (χ2n) is 14.8. The van der Waals surface area contributed by atoms with Crippen LogP contribution >= 0.6 is 0 Å². The summed E-state index contributed by atoms with van der Waals surface area (Å²) in [5.41, 5.74) is 14.7. The lowest BCUT2D eigenvalue weighted by Crippen LogP contribution is -2.10. The van der Waals surface area contributed by atoms with Crippen molar-refractivity contribution in [2.45, 2.75) is 0 Å². The molecule has 0 bridgehead atoms. The first kappa shape index (κ1) is 32.4. The Morgan fingerprint density at radius 3 is 1.33 bits per heavy atom. The van der Waals surface area contributed by atoms with Gasteiger partial charge in [-0.2, -0.15) is 0 Å². The van der Waals surface area contributed by atoms with E-state index in [-0.39, 0.29) is 0 Å². The van der Waals surface area contributed by atoms with E-state index in [2.05, 4.69) is 169 Å². The van der Waals surface area contributed by atoms with Gasteiger partial charge in [0.1, 0.15) is 27.9 Å². The molecule has 0 aliphatic heterocycles. The Morgan fingerprint density at radius 2 is 0.741 bits per heavy atom. The van der Waals surface area contributed by atoms with E-state index in [0.717, 1.165) is 99.6 Å². The van der Waals surface area contributed by atoms with E-state index >= 15 is 0 Å². The molecular formula is C54H33NO3. The molecule has 12 rings (SSSR count). The molecule has 0 aliphatic carbocycles. The van der Waals surface area contributed by atoms with Gasteiger partial charge in [0.25, 0.3) is 0 Å². The van der Waals surface area contributed by atoms with Gasteiger partial charge in [0.15, 0.2) is 5.58 Å². The van der Waals surface area contributed by atoms with E-state index in [1.54, 1.807) is 0 Å². The first-order valence-corrected chi connectivity index (χ1v) is 19.6. The molecule has 4 nitrogen and oxygen atoms in total. The predicted molar refractivity (Wildman–Crippen MR) is 239 cm³/mol. The fourth-order valence-electron chi connectivity index (χ4n) is 8.71. The number of rotatable bonds is 6. The van der Waals surface area contributed by atoms with Gasteiger partial charge in [-0.1, -0.05) is 146 Å². The standard InChI is InChI=1S/C54H33NO3/c1-3-11-34(12-4-1)36-19-21-37(22-20-36)39-25-29-41(30-26-39)55(40-27-23-38(24-28-40)35-13-5-2-6-14-35)45-33-49-51(50-44-16-8-10-18-47(44)58-54(45)50)52-48(56-49)32-31-43-42-15-7-9-17-46(42)57-53(43)52/h1-33H. The maximum absolute atomic E-state index is 6.92. The van der Waals surface area contributed by atoms with Crippen LogP contribution in [0.2, 0.25) is 0 Å². The molecule has 0 saturated heterocycles. The van der Waals surface area contributed by atoms with Crippen LogP contribution in [0.15, 0.2) is 213 Å². The van der Waals surface area contributed by atoms with Crippen LogP contribution in [0.4, 0.5) is 17.1 Å². The molecule has 0 amide bonds. The van der Waals surface area contributed by atoms with Gasteiger partial charge >= 0.3 is 0 Å². The average Bonchev–Trinajstić information content (AvgIpc) is 3.99. The number of fused-ring (bicyclic) bond motifs is 11. The van der Waals surface area contributed by atoms with E-state index < -0.39 is 0 Å². The smallest absolute Gasteiger partial charge is 0.160 e. The van der Waals surface area contributed by atoms with Crippen molar-refractivity contribution >= 4 is 82.9 Å². The van der Waals surface area contributed by atoms with Crippen molar-refractivity contribution < 1.29 is 13.3 Å². The van der Waals surface area contributed by atoms with Crippen molar-refractivity contribution in [1.82, 2.24) is 0 Å². The number of benzene rings is 9. The lowest BCUT2D eigenvalue weighted by atomic mass is 9.99. The molecule has 3 aromatic heterocycles. The number of hydrogen-bond donors (Lipinski definition) is 0.